The highest BCUT2D eigenvalue weighted by Crippen LogP contribution is 2.35. The Kier molecular flexibility index (Phi) is 4.67. The van der Waals surface area contributed by atoms with E-state index in [2.05, 4.69) is 25.7 Å². The zero-order chi connectivity index (χ0) is 17.9. The van der Waals surface area contributed by atoms with E-state index in [9.17, 15) is 4.79 Å². The minimum Gasteiger partial charge on any atom is -0.454 e. The molecule has 2 aromatic heterocycles. The van der Waals surface area contributed by atoms with E-state index in [1.165, 1.54) is 23.1 Å². The number of aromatic nitrogens is 4. The molecule has 0 saturated heterocycles. The smallest absolute Gasteiger partial charge is 0.236 e. The van der Waals surface area contributed by atoms with Gasteiger partial charge in [-0.3, -0.25) is 10.1 Å². The van der Waals surface area contributed by atoms with E-state index < -0.39 is 0 Å². The molecule has 1 N–H and O–H groups in total. The number of carbonyl (C=O) groups is 1. The highest BCUT2D eigenvalue weighted by atomic mass is 32.2. The van der Waals surface area contributed by atoms with E-state index in [4.69, 9.17) is 9.47 Å². The van der Waals surface area contributed by atoms with Crippen molar-refractivity contribution in [3.8, 4) is 22.8 Å². The topological polar surface area (TPSA) is 99.1 Å². The number of amides is 1. The Labute approximate surface area is 157 Å². The summed E-state index contributed by atoms with van der Waals surface area (Å²) in [6, 6.07) is 9.32. The van der Waals surface area contributed by atoms with Crippen LogP contribution in [0.4, 0.5) is 5.13 Å². The molecule has 0 fully saturated rings. The first-order chi connectivity index (χ1) is 12.7. The van der Waals surface area contributed by atoms with Gasteiger partial charge in [-0.05, 0) is 37.3 Å². The molecule has 26 heavy (non-hydrogen) atoms. The third-order valence-electron chi connectivity index (χ3n) is 3.43. The van der Waals surface area contributed by atoms with Crippen molar-refractivity contribution in [2.75, 3.05) is 17.9 Å². The van der Waals surface area contributed by atoms with Gasteiger partial charge in [0.1, 0.15) is 10.0 Å². The molecule has 3 aromatic rings. The van der Waals surface area contributed by atoms with Gasteiger partial charge in [0.05, 0.1) is 11.4 Å². The SMILES string of the molecule is Cc1nnc(NC(=O)CSc2ccc(-c3ccc4c(c3)OCO4)nn2)s1. The number of carbonyl (C=O) groups excluding carboxylic acids is 1. The Hall–Kier alpha value is -2.72. The van der Waals surface area contributed by atoms with Crippen molar-refractivity contribution < 1.29 is 14.3 Å². The lowest BCUT2D eigenvalue weighted by Crippen LogP contribution is -2.14. The lowest BCUT2D eigenvalue weighted by molar-refractivity contribution is -0.113. The molecule has 0 radical (unpaired) electrons. The van der Waals surface area contributed by atoms with Crippen molar-refractivity contribution in [1.29, 1.82) is 0 Å². The van der Waals surface area contributed by atoms with Crippen molar-refractivity contribution in [3.05, 3.63) is 35.3 Å². The molecule has 8 nitrogen and oxygen atoms in total. The number of thioether (sulfide) groups is 1. The molecule has 1 amide bonds. The summed E-state index contributed by atoms with van der Waals surface area (Å²) in [5, 5.41) is 20.8. The van der Waals surface area contributed by atoms with Gasteiger partial charge in [0, 0.05) is 5.56 Å². The quantitative estimate of drug-likeness (QED) is 0.667. The number of benzene rings is 1. The molecule has 0 bridgehead atoms. The zero-order valence-electron chi connectivity index (χ0n) is 13.6. The second-order valence-corrected chi connectivity index (χ2v) is 7.47. The zero-order valence-corrected chi connectivity index (χ0v) is 15.3. The lowest BCUT2D eigenvalue weighted by Gasteiger charge is -2.04. The third kappa shape index (κ3) is 3.75. The number of rotatable bonds is 5. The van der Waals surface area contributed by atoms with Gasteiger partial charge < -0.3 is 9.47 Å². The molecule has 1 aliphatic rings. The molecule has 0 spiro atoms. The molecular formula is C16H13N5O3S2. The molecule has 0 atom stereocenters. The van der Waals surface area contributed by atoms with Crippen LogP contribution in [0.2, 0.25) is 0 Å². The summed E-state index contributed by atoms with van der Waals surface area (Å²) in [6.07, 6.45) is 0. The number of nitrogens with zero attached hydrogens (tertiary/aromatic N) is 4. The average molecular weight is 387 g/mol. The van der Waals surface area contributed by atoms with Gasteiger partial charge in [0.15, 0.2) is 11.5 Å². The number of ether oxygens (including phenoxy) is 2. The Morgan fingerprint density at radius 3 is 2.81 bits per heavy atom. The maximum absolute atomic E-state index is 11.9. The first kappa shape index (κ1) is 16.7. The minimum absolute atomic E-state index is 0.159. The van der Waals surface area contributed by atoms with Gasteiger partial charge in [0.25, 0.3) is 0 Å². The number of anilines is 1. The van der Waals surface area contributed by atoms with Crippen LogP contribution < -0.4 is 14.8 Å². The highest BCUT2D eigenvalue weighted by Gasteiger charge is 2.14. The summed E-state index contributed by atoms with van der Waals surface area (Å²) in [6.45, 7) is 2.07. The second kappa shape index (κ2) is 7.26. The van der Waals surface area contributed by atoms with Crippen LogP contribution >= 0.6 is 23.1 Å². The van der Waals surface area contributed by atoms with Crippen LogP contribution in [0.15, 0.2) is 35.4 Å². The predicted molar refractivity (Wildman–Crippen MR) is 97.6 cm³/mol. The van der Waals surface area contributed by atoms with Crippen LogP contribution in [0.1, 0.15) is 5.01 Å². The molecule has 1 aliphatic heterocycles. The van der Waals surface area contributed by atoms with Gasteiger partial charge in [-0.15, -0.1) is 20.4 Å². The molecule has 3 heterocycles. The van der Waals surface area contributed by atoms with Crippen molar-refractivity contribution in [2.45, 2.75) is 11.9 Å². The molecule has 132 valence electrons. The van der Waals surface area contributed by atoms with Crippen molar-refractivity contribution in [3.63, 3.8) is 0 Å². The molecule has 4 rings (SSSR count). The molecular weight excluding hydrogens is 374 g/mol. The van der Waals surface area contributed by atoms with E-state index >= 15 is 0 Å². The van der Waals surface area contributed by atoms with Gasteiger partial charge in [-0.1, -0.05) is 23.1 Å². The maximum Gasteiger partial charge on any atom is 0.236 e. The average Bonchev–Trinajstić information content (AvgIpc) is 3.28. The number of nitrogens with one attached hydrogen (secondary N) is 1. The largest absolute Gasteiger partial charge is 0.454 e. The Morgan fingerprint density at radius 1 is 1.15 bits per heavy atom. The highest BCUT2D eigenvalue weighted by molar-refractivity contribution is 7.99. The normalized spacial score (nSPS) is 12.2. The van der Waals surface area contributed by atoms with Gasteiger partial charge >= 0.3 is 0 Å². The standard InChI is InChI=1S/C16H13N5O3S2/c1-9-18-21-16(26-9)17-14(22)7-25-15-5-3-11(19-20-15)10-2-4-12-13(6-10)24-8-23-12/h2-6H,7-8H2,1H3,(H,17,21,22). The van der Waals surface area contributed by atoms with Gasteiger partial charge in [-0.2, -0.15) is 0 Å². The van der Waals surface area contributed by atoms with E-state index in [1.807, 2.05) is 37.3 Å². The summed E-state index contributed by atoms with van der Waals surface area (Å²) in [5.74, 6) is 1.49. The Balaban J connectivity index is 1.36. The first-order valence-electron chi connectivity index (χ1n) is 7.64. The summed E-state index contributed by atoms with van der Waals surface area (Å²) < 4.78 is 10.7. The summed E-state index contributed by atoms with van der Waals surface area (Å²) in [5.41, 5.74) is 1.61. The summed E-state index contributed by atoms with van der Waals surface area (Å²) in [4.78, 5) is 11.9. The fourth-order valence-electron chi connectivity index (χ4n) is 2.25. The monoisotopic (exact) mass is 387 g/mol. The Morgan fingerprint density at radius 2 is 2.04 bits per heavy atom. The molecule has 0 aliphatic carbocycles. The fourth-order valence-corrected chi connectivity index (χ4v) is 3.47. The van der Waals surface area contributed by atoms with Crippen molar-refractivity contribution >= 4 is 34.1 Å². The molecule has 0 saturated carbocycles. The van der Waals surface area contributed by atoms with Crippen LogP contribution in [0, 0.1) is 6.92 Å². The van der Waals surface area contributed by atoms with E-state index in [-0.39, 0.29) is 18.5 Å². The number of hydrogen-bond acceptors (Lipinski definition) is 9. The minimum atomic E-state index is -0.159. The number of hydrogen-bond donors (Lipinski definition) is 1. The third-order valence-corrected chi connectivity index (χ3v) is 5.11. The van der Waals surface area contributed by atoms with Gasteiger partial charge in [-0.25, -0.2) is 0 Å². The van der Waals surface area contributed by atoms with E-state index in [0.717, 1.165) is 22.0 Å². The number of aryl methyl sites for hydroxylation is 1. The summed E-state index contributed by atoms with van der Waals surface area (Å²) >= 11 is 2.64. The van der Waals surface area contributed by atoms with Crippen molar-refractivity contribution in [2.24, 2.45) is 0 Å². The van der Waals surface area contributed by atoms with Gasteiger partial charge in [0.2, 0.25) is 17.8 Å². The Bertz CT molecular complexity index is 945. The van der Waals surface area contributed by atoms with Crippen LogP contribution in [0.25, 0.3) is 11.3 Å². The molecule has 1 aromatic carbocycles. The van der Waals surface area contributed by atoms with E-state index in [0.29, 0.717) is 15.9 Å². The van der Waals surface area contributed by atoms with Crippen LogP contribution in [0.5, 0.6) is 11.5 Å². The van der Waals surface area contributed by atoms with E-state index in [1.54, 1.807) is 0 Å². The van der Waals surface area contributed by atoms with Crippen LogP contribution in [-0.4, -0.2) is 38.8 Å². The summed E-state index contributed by atoms with van der Waals surface area (Å²) in [7, 11) is 0. The van der Waals surface area contributed by atoms with Crippen LogP contribution in [-0.2, 0) is 4.79 Å². The molecule has 0 unspecified atom stereocenters. The second-order valence-electron chi connectivity index (χ2n) is 5.29. The fraction of sp³-hybridized carbons (Fsp3) is 0.188. The predicted octanol–water partition coefficient (Wildman–Crippen LogP) is 2.76. The van der Waals surface area contributed by atoms with Crippen molar-refractivity contribution in [1.82, 2.24) is 20.4 Å². The van der Waals surface area contributed by atoms with Crippen LogP contribution in [0.3, 0.4) is 0 Å². The number of fused-ring (bicyclic) bond motifs is 1. The lowest BCUT2D eigenvalue weighted by atomic mass is 10.1. The molecule has 10 heteroatoms. The first-order valence-corrected chi connectivity index (χ1v) is 9.44. The maximum atomic E-state index is 11.9.